The number of hydrogen-bond acceptors (Lipinski definition) is 4. The summed E-state index contributed by atoms with van der Waals surface area (Å²) in [6.07, 6.45) is 0.751. The number of morpholine rings is 1. The van der Waals surface area contributed by atoms with E-state index in [1.165, 1.54) is 0 Å². The molecule has 0 bridgehead atoms. The predicted octanol–water partition coefficient (Wildman–Crippen LogP) is 0.464. The van der Waals surface area contributed by atoms with Gasteiger partial charge >= 0.3 is 0 Å². The van der Waals surface area contributed by atoms with Crippen molar-refractivity contribution in [1.29, 1.82) is 0 Å². The maximum atomic E-state index is 12.1. The number of nitrogens with zero attached hydrogens (tertiary/aromatic N) is 1. The molecule has 1 unspecified atom stereocenters. The highest BCUT2D eigenvalue weighted by Gasteiger charge is 2.31. The SMILES string of the molecule is Nc1ccc2c(c1)NC(=O)C(N1CCOCC1)C2. The van der Waals surface area contributed by atoms with Crippen molar-refractivity contribution in [3.63, 3.8) is 0 Å². The van der Waals surface area contributed by atoms with Gasteiger partial charge in [-0.15, -0.1) is 0 Å². The minimum absolute atomic E-state index is 0.0648. The molecule has 0 radical (unpaired) electrons. The van der Waals surface area contributed by atoms with Crippen LogP contribution in [0, 0.1) is 0 Å². The maximum absolute atomic E-state index is 12.1. The molecule has 1 atom stereocenters. The zero-order valence-electron chi connectivity index (χ0n) is 10.2. The highest BCUT2D eigenvalue weighted by molar-refractivity contribution is 5.98. The first-order valence-electron chi connectivity index (χ1n) is 6.25. The van der Waals surface area contributed by atoms with Crippen molar-refractivity contribution in [2.24, 2.45) is 0 Å². The van der Waals surface area contributed by atoms with Gasteiger partial charge in [-0.2, -0.15) is 0 Å². The molecule has 2 aliphatic rings. The van der Waals surface area contributed by atoms with Gasteiger partial charge in [-0.3, -0.25) is 9.69 Å². The average Bonchev–Trinajstić information content (AvgIpc) is 2.39. The molecule has 2 aliphatic heterocycles. The van der Waals surface area contributed by atoms with E-state index in [2.05, 4.69) is 10.2 Å². The van der Waals surface area contributed by atoms with E-state index in [9.17, 15) is 4.79 Å². The number of nitrogens with one attached hydrogen (secondary N) is 1. The third-order valence-corrected chi connectivity index (χ3v) is 3.59. The van der Waals surface area contributed by atoms with E-state index in [4.69, 9.17) is 10.5 Å². The monoisotopic (exact) mass is 247 g/mol. The second-order valence-electron chi connectivity index (χ2n) is 4.77. The molecule has 2 heterocycles. The molecule has 5 heteroatoms. The fourth-order valence-corrected chi connectivity index (χ4v) is 2.59. The lowest BCUT2D eigenvalue weighted by Crippen LogP contribution is -2.52. The average molecular weight is 247 g/mol. The molecule has 1 aromatic rings. The van der Waals surface area contributed by atoms with E-state index in [1.807, 2.05) is 18.2 Å². The van der Waals surface area contributed by atoms with Crippen LogP contribution in [0.25, 0.3) is 0 Å². The third-order valence-electron chi connectivity index (χ3n) is 3.59. The van der Waals surface area contributed by atoms with Gasteiger partial charge in [0, 0.05) is 24.5 Å². The molecule has 96 valence electrons. The largest absolute Gasteiger partial charge is 0.399 e. The Labute approximate surface area is 106 Å². The van der Waals surface area contributed by atoms with E-state index in [1.54, 1.807) is 0 Å². The quantitative estimate of drug-likeness (QED) is 0.708. The van der Waals surface area contributed by atoms with Crippen LogP contribution >= 0.6 is 0 Å². The summed E-state index contributed by atoms with van der Waals surface area (Å²) in [5.41, 5.74) is 8.41. The van der Waals surface area contributed by atoms with Crippen LogP contribution < -0.4 is 11.1 Å². The van der Waals surface area contributed by atoms with Crippen LogP contribution in [0.15, 0.2) is 18.2 Å². The number of nitrogens with two attached hydrogens (primary N) is 1. The minimum atomic E-state index is -0.0787. The summed E-state index contributed by atoms with van der Waals surface area (Å²) in [6, 6.07) is 5.62. The number of ether oxygens (including phenoxy) is 1. The fraction of sp³-hybridized carbons (Fsp3) is 0.462. The highest BCUT2D eigenvalue weighted by Crippen LogP contribution is 2.27. The summed E-state index contributed by atoms with van der Waals surface area (Å²) < 4.78 is 5.32. The van der Waals surface area contributed by atoms with Crippen molar-refractivity contribution < 1.29 is 9.53 Å². The summed E-state index contributed by atoms with van der Waals surface area (Å²) in [6.45, 7) is 3.06. The Kier molecular flexibility index (Phi) is 2.93. The van der Waals surface area contributed by atoms with Gasteiger partial charge in [0.15, 0.2) is 0 Å². The summed E-state index contributed by atoms with van der Waals surface area (Å²) in [4.78, 5) is 14.3. The highest BCUT2D eigenvalue weighted by atomic mass is 16.5. The van der Waals surface area contributed by atoms with Gasteiger partial charge in [0.25, 0.3) is 0 Å². The summed E-state index contributed by atoms with van der Waals surface area (Å²) in [7, 11) is 0. The predicted molar refractivity (Wildman–Crippen MR) is 69.4 cm³/mol. The Balaban J connectivity index is 1.82. The van der Waals surface area contributed by atoms with Gasteiger partial charge in [-0.1, -0.05) is 6.07 Å². The van der Waals surface area contributed by atoms with Gasteiger partial charge in [0.05, 0.1) is 19.3 Å². The second-order valence-corrected chi connectivity index (χ2v) is 4.77. The lowest BCUT2D eigenvalue weighted by Gasteiger charge is -2.36. The number of hydrogen-bond donors (Lipinski definition) is 2. The first-order chi connectivity index (χ1) is 8.74. The standard InChI is InChI=1S/C13H17N3O2/c14-10-2-1-9-7-12(13(17)15-11(9)8-10)16-3-5-18-6-4-16/h1-2,8,12H,3-7,14H2,(H,15,17). The van der Waals surface area contributed by atoms with Gasteiger partial charge < -0.3 is 15.8 Å². The van der Waals surface area contributed by atoms with E-state index in [0.717, 1.165) is 30.8 Å². The van der Waals surface area contributed by atoms with Crippen LogP contribution in [0.1, 0.15) is 5.56 Å². The van der Waals surface area contributed by atoms with Crippen molar-refractivity contribution in [3.05, 3.63) is 23.8 Å². The van der Waals surface area contributed by atoms with Gasteiger partial charge in [0.2, 0.25) is 5.91 Å². The number of rotatable bonds is 1. The van der Waals surface area contributed by atoms with E-state index in [0.29, 0.717) is 18.9 Å². The Morgan fingerprint density at radius 2 is 2.11 bits per heavy atom. The molecule has 3 N–H and O–H groups in total. The summed E-state index contributed by atoms with van der Waals surface area (Å²) >= 11 is 0. The molecule has 1 saturated heterocycles. The van der Waals surface area contributed by atoms with Crippen LogP contribution in [0.4, 0.5) is 11.4 Å². The lowest BCUT2D eigenvalue weighted by atomic mass is 9.97. The van der Waals surface area contributed by atoms with Crippen molar-refractivity contribution in [2.75, 3.05) is 37.4 Å². The molecule has 0 aromatic heterocycles. The molecule has 0 aliphatic carbocycles. The van der Waals surface area contributed by atoms with Gasteiger partial charge in [-0.25, -0.2) is 0 Å². The molecular weight excluding hydrogens is 230 g/mol. The summed E-state index contributed by atoms with van der Waals surface area (Å²) in [5, 5.41) is 2.95. The first kappa shape index (κ1) is 11.5. The number of carbonyl (C=O) groups is 1. The molecule has 0 spiro atoms. The number of anilines is 2. The normalized spacial score (nSPS) is 24.4. The topological polar surface area (TPSA) is 67.6 Å². The van der Waals surface area contributed by atoms with Crippen LogP contribution in [0.3, 0.4) is 0 Å². The molecule has 1 amide bonds. The zero-order valence-corrected chi connectivity index (χ0v) is 10.2. The van der Waals surface area contributed by atoms with Crippen molar-refractivity contribution in [1.82, 2.24) is 4.90 Å². The van der Waals surface area contributed by atoms with Crippen LogP contribution in [-0.4, -0.2) is 43.2 Å². The van der Waals surface area contributed by atoms with Crippen LogP contribution in [0.2, 0.25) is 0 Å². The molecule has 1 aromatic carbocycles. The minimum Gasteiger partial charge on any atom is -0.399 e. The van der Waals surface area contributed by atoms with Gasteiger partial charge in [-0.05, 0) is 24.1 Å². The maximum Gasteiger partial charge on any atom is 0.242 e. The molecule has 3 rings (SSSR count). The number of benzene rings is 1. The van der Waals surface area contributed by atoms with Crippen molar-refractivity contribution in [3.8, 4) is 0 Å². The number of fused-ring (bicyclic) bond motifs is 1. The number of amides is 1. The number of nitrogen functional groups attached to an aromatic ring is 1. The molecule has 5 nitrogen and oxygen atoms in total. The third kappa shape index (κ3) is 2.07. The Bertz CT molecular complexity index is 469. The first-order valence-corrected chi connectivity index (χ1v) is 6.25. The second kappa shape index (κ2) is 4.59. The van der Waals surface area contributed by atoms with Crippen LogP contribution in [-0.2, 0) is 16.0 Å². The molecule has 0 saturated carbocycles. The smallest absolute Gasteiger partial charge is 0.242 e. The number of carbonyl (C=O) groups excluding carboxylic acids is 1. The zero-order chi connectivity index (χ0) is 12.5. The Morgan fingerprint density at radius 1 is 1.33 bits per heavy atom. The lowest BCUT2D eigenvalue weighted by molar-refractivity contribution is -0.123. The Hall–Kier alpha value is -1.59. The van der Waals surface area contributed by atoms with E-state index >= 15 is 0 Å². The Morgan fingerprint density at radius 3 is 2.89 bits per heavy atom. The van der Waals surface area contributed by atoms with Crippen molar-refractivity contribution in [2.45, 2.75) is 12.5 Å². The van der Waals surface area contributed by atoms with E-state index < -0.39 is 0 Å². The fourth-order valence-electron chi connectivity index (χ4n) is 2.59. The molecule has 1 fully saturated rings. The summed E-state index contributed by atoms with van der Waals surface area (Å²) in [5.74, 6) is 0.0648. The van der Waals surface area contributed by atoms with Crippen molar-refractivity contribution >= 4 is 17.3 Å². The molecule has 18 heavy (non-hydrogen) atoms. The van der Waals surface area contributed by atoms with E-state index in [-0.39, 0.29) is 11.9 Å². The van der Waals surface area contributed by atoms with Crippen LogP contribution in [0.5, 0.6) is 0 Å². The molecular formula is C13H17N3O2. The van der Waals surface area contributed by atoms with Gasteiger partial charge in [0.1, 0.15) is 0 Å².